The third-order valence-corrected chi connectivity index (χ3v) is 4.96. The van der Waals surface area contributed by atoms with E-state index in [9.17, 15) is 9.90 Å². The molecule has 0 radical (unpaired) electrons. The first-order chi connectivity index (χ1) is 14.1. The second-order valence-corrected chi connectivity index (χ2v) is 7.31. The molecular weight excluding hydrogens is 393 g/mol. The molecule has 1 aliphatic rings. The number of carboxylic acid groups (broad SMARTS) is 1. The van der Waals surface area contributed by atoms with E-state index in [-0.39, 0.29) is 32.0 Å². The van der Waals surface area contributed by atoms with Crippen LogP contribution in [0.2, 0.25) is 0 Å². The molecule has 0 saturated carbocycles. The van der Waals surface area contributed by atoms with E-state index >= 15 is 0 Å². The number of aliphatic carboxylic acids is 1. The molecule has 2 unspecified atom stereocenters. The first kappa shape index (κ1) is 24.3. The first-order valence-corrected chi connectivity index (χ1v) is 10.2. The molecular formula is C23H32MgN2O4. The van der Waals surface area contributed by atoms with E-state index in [0.717, 1.165) is 48.7 Å². The van der Waals surface area contributed by atoms with Crippen LogP contribution in [0.3, 0.4) is 0 Å². The largest absolute Gasteiger partial charge is 2.00 e. The summed E-state index contributed by atoms with van der Waals surface area (Å²) in [7, 11) is 0. The smallest absolute Gasteiger partial charge is 1.00 e. The summed E-state index contributed by atoms with van der Waals surface area (Å²) in [5, 5.41) is 12.6. The minimum atomic E-state index is -0.923. The van der Waals surface area contributed by atoms with Crippen molar-refractivity contribution in [2.24, 2.45) is 0 Å². The number of nitrogens with zero attached hydrogens (tertiary/aromatic N) is 1. The van der Waals surface area contributed by atoms with Crippen molar-refractivity contribution in [2.75, 3.05) is 36.5 Å². The van der Waals surface area contributed by atoms with Crippen LogP contribution in [0.1, 0.15) is 28.7 Å². The summed E-state index contributed by atoms with van der Waals surface area (Å²) in [6, 6.07) is 16.1. The fraction of sp³-hybridized carbons (Fsp3) is 0.435. The summed E-state index contributed by atoms with van der Waals surface area (Å²) in [6.07, 6.45) is 0.779. The zero-order valence-electron chi connectivity index (χ0n) is 19.8. The molecule has 6 nitrogen and oxygen atoms in total. The number of hydrogen-bond acceptors (Lipinski definition) is 5. The van der Waals surface area contributed by atoms with E-state index in [1.807, 2.05) is 42.5 Å². The molecule has 0 spiro atoms. The number of carboxylic acids is 1. The SMILES string of the molecule is CCOC(Cc1ccc(NCCCN2CC(C)Oc3ccccc32)cc1)C(=O)O.[H-].[H-].[Mg+2]. The van der Waals surface area contributed by atoms with E-state index in [0.29, 0.717) is 13.0 Å². The monoisotopic (exact) mass is 424 g/mol. The summed E-state index contributed by atoms with van der Waals surface area (Å²) >= 11 is 0. The molecule has 7 heteroatoms. The quantitative estimate of drug-likeness (QED) is 0.448. The number of ether oxygens (including phenoxy) is 2. The average molecular weight is 425 g/mol. The molecule has 2 aromatic rings. The molecule has 0 aliphatic carbocycles. The number of hydrogen-bond donors (Lipinski definition) is 2. The zero-order chi connectivity index (χ0) is 20.6. The Morgan fingerprint density at radius 2 is 2.03 bits per heavy atom. The van der Waals surface area contributed by atoms with Crippen LogP contribution in [0.4, 0.5) is 11.4 Å². The Balaban J connectivity index is 0.00000320. The molecule has 160 valence electrons. The van der Waals surface area contributed by atoms with Crippen LogP contribution in [0.25, 0.3) is 0 Å². The number of anilines is 2. The minimum Gasteiger partial charge on any atom is -1.00 e. The van der Waals surface area contributed by atoms with Crippen molar-refractivity contribution in [1.29, 1.82) is 0 Å². The number of rotatable bonds is 10. The second-order valence-electron chi connectivity index (χ2n) is 7.31. The molecule has 0 bridgehead atoms. The molecule has 1 aliphatic heterocycles. The number of benzene rings is 2. The summed E-state index contributed by atoms with van der Waals surface area (Å²) < 4.78 is 11.2. The van der Waals surface area contributed by atoms with E-state index in [1.54, 1.807) is 6.92 Å². The average Bonchev–Trinajstić information content (AvgIpc) is 2.71. The van der Waals surface area contributed by atoms with E-state index in [2.05, 4.69) is 23.2 Å². The van der Waals surface area contributed by atoms with Gasteiger partial charge in [0.2, 0.25) is 0 Å². The Hall–Kier alpha value is -1.96. The number of fused-ring (bicyclic) bond motifs is 1. The van der Waals surface area contributed by atoms with E-state index in [4.69, 9.17) is 9.47 Å². The topological polar surface area (TPSA) is 71.0 Å². The Labute approximate surface area is 197 Å². The van der Waals surface area contributed by atoms with Gasteiger partial charge in [0.1, 0.15) is 11.9 Å². The Bertz CT molecular complexity index is 811. The molecule has 0 aromatic heterocycles. The second kappa shape index (κ2) is 12.0. The van der Waals surface area contributed by atoms with Gasteiger partial charge >= 0.3 is 29.0 Å². The fourth-order valence-corrected chi connectivity index (χ4v) is 3.59. The van der Waals surface area contributed by atoms with Crippen LogP contribution >= 0.6 is 0 Å². The van der Waals surface area contributed by atoms with Crippen LogP contribution in [0.15, 0.2) is 48.5 Å². The molecule has 2 aromatic carbocycles. The Morgan fingerprint density at radius 3 is 2.73 bits per heavy atom. The van der Waals surface area contributed by atoms with Gasteiger partial charge in [-0.1, -0.05) is 24.3 Å². The first-order valence-electron chi connectivity index (χ1n) is 10.2. The fourth-order valence-electron chi connectivity index (χ4n) is 3.59. The Morgan fingerprint density at radius 1 is 1.30 bits per heavy atom. The van der Waals surface area contributed by atoms with Gasteiger partial charge in [-0.15, -0.1) is 0 Å². The third kappa shape index (κ3) is 6.79. The van der Waals surface area contributed by atoms with Crippen molar-refractivity contribution in [1.82, 2.24) is 0 Å². The summed E-state index contributed by atoms with van der Waals surface area (Å²) in [4.78, 5) is 13.6. The number of para-hydroxylation sites is 2. The van der Waals surface area contributed by atoms with Gasteiger partial charge in [-0.2, -0.15) is 0 Å². The van der Waals surface area contributed by atoms with Gasteiger partial charge in [0.25, 0.3) is 0 Å². The predicted molar refractivity (Wildman–Crippen MR) is 123 cm³/mol. The van der Waals surface area contributed by atoms with Crippen molar-refractivity contribution in [3.63, 3.8) is 0 Å². The van der Waals surface area contributed by atoms with Crippen molar-refractivity contribution in [2.45, 2.75) is 38.9 Å². The Kier molecular flexibility index (Phi) is 9.74. The summed E-state index contributed by atoms with van der Waals surface area (Å²) in [5.74, 6) is 0.0366. The molecule has 2 N–H and O–H groups in total. The summed E-state index contributed by atoms with van der Waals surface area (Å²) in [6.45, 7) is 7.02. The normalized spacial score (nSPS) is 16.1. The van der Waals surface area contributed by atoms with Crippen LogP contribution in [-0.2, 0) is 16.0 Å². The molecule has 1 heterocycles. The van der Waals surface area contributed by atoms with Gasteiger partial charge in [-0.05, 0) is 50.1 Å². The van der Waals surface area contributed by atoms with Gasteiger partial charge in [-0.3, -0.25) is 0 Å². The maximum absolute atomic E-state index is 11.2. The predicted octanol–water partition coefficient (Wildman–Crippen LogP) is 3.65. The van der Waals surface area contributed by atoms with Crippen molar-refractivity contribution in [3.05, 3.63) is 54.1 Å². The van der Waals surface area contributed by atoms with Crippen LogP contribution in [0.5, 0.6) is 5.75 Å². The number of nitrogens with one attached hydrogen (secondary N) is 1. The van der Waals surface area contributed by atoms with Crippen molar-refractivity contribution < 1.29 is 22.2 Å². The zero-order valence-corrected chi connectivity index (χ0v) is 19.3. The molecule has 0 saturated heterocycles. The maximum atomic E-state index is 11.2. The van der Waals surface area contributed by atoms with E-state index in [1.165, 1.54) is 0 Å². The molecule has 3 rings (SSSR count). The number of carbonyl (C=O) groups is 1. The van der Waals surface area contributed by atoms with Gasteiger partial charge in [0.05, 0.1) is 12.2 Å². The van der Waals surface area contributed by atoms with Gasteiger partial charge < -0.3 is 27.7 Å². The van der Waals surface area contributed by atoms with Crippen LogP contribution in [0, 0.1) is 0 Å². The molecule has 30 heavy (non-hydrogen) atoms. The molecule has 2 atom stereocenters. The molecule has 0 fully saturated rings. The van der Waals surface area contributed by atoms with Gasteiger partial charge in [0.15, 0.2) is 6.10 Å². The minimum absolute atomic E-state index is 0. The maximum Gasteiger partial charge on any atom is 2.00 e. The van der Waals surface area contributed by atoms with Crippen LogP contribution < -0.4 is 15.0 Å². The van der Waals surface area contributed by atoms with Crippen molar-refractivity contribution in [3.8, 4) is 5.75 Å². The van der Waals surface area contributed by atoms with Gasteiger partial charge in [0, 0.05) is 31.8 Å². The molecule has 0 amide bonds. The standard InChI is InChI=1S/C23H30N2O4.Mg.2H/c1-3-28-22(23(26)27)15-18-9-11-19(12-10-18)24-13-6-14-25-16-17(2)29-21-8-5-4-7-20(21)25;;;/h4-5,7-12,17,22,24H,3,6,13-16H2,1-2H3,(H,26,27);;;/q;+2;2*-1. The van der Waals surface area contributed by atoms with Gasteiger partial charge in [-0.25, -0.2) is 4.79 Å². The van der Waals surface area contributed by atoms with Crippen LogP contribution in [-0.4, -0.2) is 72.6 Å². The van der Waals surface area contributed by atoms with Crippen molar-refractivity contribution >= 4 is 40.4 Å². The third-order valence-electron chi connectivity index (χ3n) is 4.96. The van der Waals surface area contributed by atoms with E-state index < -0.39 is 12.1 Å². The summed E-state index contributed by atoms with van der Waals surface area (Å²) in [5.41, 5.74) is 3.15.